The van der Waals surface area contributed by atoms with Gasteiger partial charge in [-0.3, -0.25) is 0 Å². The van der Waals surface area contributed by atoms with Gasteiger partial charge in [0.2, 0.25) is 0 Å². The lowest BCUT2D eigenvalue weighted by atomic mass is 9.99. The van der Waals surface area contributed by atoms with E-state index in [0.717, 1.165) is 0 Å². The predicted molar refractivity (Wildman–Crippen MR) is 44.3 cm³/mol. The van der Waals surface area contributed by atoms with Gasteiger partial charge in [0.15, 0.2) is 0 Å². The van der Waals surface area contributed by atoms with Crippen molar-refractivity contribution in [1.82, 2.24) is 0 Å². The van der Waals surface area contributed by atoms with E-state index in [-0.39, 0.29) is 0 Å². The van der Waals surface area contributed by atoms with Crippen molar-refractivity contribution in [3.8, 4) is 0 Å². The largest absolute Gasteiger partial charge is 0.326 e. The van der Waals surface area contributed by atoms with Crippen LogP contribution in [-0.2, 0) is 4.57 Å². The summed E-state index contributed by atoms with van der Waals surface area (Å²) < 4.78 is 11.6. The smallest absolute Gasteiger partial charge is 0.0820 e. The third kappa shape index (κ3) is 1.05. The molecule has 58 valence electrons. The van der Waals surface area contributed by atoms with Crippen LogP contribution >= 0.6 is 7.80 Å². The normalized spacial score (nSPS) is 47.0. The highest BCUT2D eigenvalue weighted by atomic mass is 31.1. The van der Waals surface area contributed by atoms with Crippen molar-refractivity contribution in [3.63, 3.8) is 0 Å². The summed E-state index contributed by atoms with van der Waals surface area (Å²) in [6.45, 7) is 0. The van der Waals surface area contributed by atoms with E-state index in [0.29, 0.717) is 11.3 Å². The summed E-state index contributed by atoms with van der Waals surface area (Å²) in [5.41, 5.74) is 1.33. The zero-order valence-electron chi connectivity index (χ0n) is 6.31. The van der Waals surface area contributed by atoms with Crippen molar-refractivity contribution >= 4 is 7.80 Å². The summed E-state index contributed by atoms with van der Waals surface area (Å²) in [6, 6.07) is 0. The molecular weight excluding hydrogens is 143 g/mol. The van der Waals surface area contributed by atoms with E-state index in [1.54, 1.807) is 0 Å². The van der Waals surface area contributed by atoms with E-state index in [4.69, 9.17) is 0 Å². The van der Waals surface area contributed by atoms with Gasteiger partial charge in [0.25, 0.3) is 0 Å². The van der Waals surface area contributed by atoms with Crippen LogP contribution in [0, 0.1) is 0 Å². The molecule has 10 heavy (non-hydrogen) atoms. The van der Waals surface area contributed by atoms with Crippen LogP contribution in [0.4, 0.5) is 0 Å². The lowest BCUT2D eigenvalue weighted by Gasteiger charge is -2.33. The highest BCUT2D eigenvalue weighted by Crippen LogP contribution is 2.51. The van der Waals surface area contributed by atoms with E-state index in [1.807, 2.05) is 0 Å². The third-order valence-electron chi connectivity index (χ3n) is 3.02. The van der Waals surface area contributed by atoms with Crippen LogP contribution in [0.15, 0.2) is 0 Å². The lowest BCUT2D eigenvalue weighted by molar-refractivity contribution is 0.444. The van der Waals surface area contributed by atoms with E-state index < -0.39 is 7.80 Å². The zero-order chi connectivity index (χ0) is 6.97. The Hall–Kier alpha value is 0.230. The molecule has 2 saturated heterocycles. The minimum absolute atomic E-state index is 0.664. The van der Waals surface area contributed by atoms with Gasteiger partial charge in [-0.05, 0) is 25.7 Å². The standard InChI is InChI=1S/C8H15OP/c9-10-7-3-1-4-8(10)6-2-5-7/h7-8,10H,1-6H2. The topological polar surface area (TPSA) is 17.1 Å². The first-order chi connectivity index (χ1) is 4.88. The molecular formula is C8H15OP. The van der Waals surface area contributed by atoms with Crippen LogP contribution < -0.4 is 0 Å². The van der Waals surface area contributed by atoms with Crippen molar-refractivity contribution in [2.45, 2.75) is 49.8 Å². The lowest BCUT2D eigenvalue weighted by Crippen LogP contribution is -2.22. The first kappa shape index (κ1) is 6.91. The van der Waals surface area contributed by atoms with Gasteiger partial charge < -0.3 is 4.57 Å². The van der Waals surface area contributed by atoms with Crippen LogP contribution in [0.2, 0.25) is 0 Å². The molecule has 2 heterocycles. The average Bonchev–Trinajstić information content (AvgIpc) is 1.86. The molecule has 2 aliphatic heterocycles. The third-order valence-corrected chi connectivity index (χ3v) is 5.78. The highest BCUT2D eigenvalue weighted by Gasteiger charge is 2.32. The number of rotatable bonds is 0. The predicted octanol–water partition coefficient (Wildman–Crippen LogP) is 2.65. The Balaban J connectivity index is 2.12. The Labute approximate surface area is 63.0 Å². The van der Waals surface area contributed by atoms with Crippen LogP contribution in [0.1, 0.15) is 38.5 Å². The molecule has 0 aromatic carbocycles. The molecule has 0 amide bonds. The fraction of sp³-hybridized carbons (Fsp3) is 1.00. The van der Waals surface area contributed by atoms with E-state index in [2.05, 4.69) is 0 Å². The molecule has 0 saturated carbocycles. The summed E-state index contributed by atoms with van der Waals surface area (Å²) in [7, 11) is -1.12. The van der Waals surface area contributed by atoms with E-state index in [9.17, 15) is 4.57 Å². The average molecular weight is 158 g/mol. The zero-order valence-corrected chi connectivity index (χ0v) is 7.31. The molecule has 0 N–H and O–H groups in total. The van der Waals surface area contributed by atoms with Gasteiger partial charge in [-0.1, -0.05) is 12.8 Å². The maximum Gasteiger partial charge on any atom is 0.0820 e. The SMILES string of the molecule is O=[PH]1C2CCCC1CCC2. The molecule has 1 nitrogen and oxygen atoms in total. The Morgan fingerprint density at radius 1 is 0.900 bits per heavy atom. The molecule has 0 spiro atoms. The van der Waals surface area contributed by atoms with Gasteiger partial charge in [0.05, 0.1) is 7.80 Å². The van der Waals surface area contributed by atoms with Gasteiger partial charge in [-0.2, -0.15) is 0 Å². The first-order valence-electron chi connectivity index (χ1n) is 4.41. The molecule has 0 radical (unpaired) electrons. The maximum absolute atomic E-state index is 11.6. The van der Waals surface area contributed by atoms with Gasteiger partial charge >= 0.3 is 0 Å². The van der Waals surface area contributed by atoms with Gasteiger partial charge in [0, 0.05) is 11.3 Å². The molecule has 2 rings (SSSR count). The molecule has 0 unspecified atom stereocenters. The molecule has 0 aromatic heterocycles. The Bertz CT molecular complexity index is 131. The summed E-state index contributed by atoms with van der Waals surface area (Å²) in [6.07, 6.45) is 7.79. The molecule has 2 bridgehead atoms. The Morgan fingerprint density at radius 2 is 1.30 bits per heavy atom. The summed E-state index contributed by atoms with van der Waals surface area (Å²) >= 11 is 0. The molecule has 0 aromatic rings. The van der Waals surface area contributed by atoms with Crippen LogP contribution in [0.25, 0.3) is 0 Å². The Kier molecular flexibility index (Phi) is 1.86. The van der Waals surface area contributed by atoms with Crippen LogP contribution in [0.3, 0.4) is 0 Å². The van der Waals surface area contributed by atoms with Gasteiger partial charge in [-0.25, -0.2) is 0 Å². The quantitative estimate of drug-likeness (QED) is 0.495. The van der Waals surface area contributed by atoms with Crippen LogP contribution in [0.5, 0.6) is 0 Å². The second-order valence-electron chi connectivity index (χ2n) is 3.66. The minimum Gasteiger partial charge on any atom is -0.326 e. The fourth-order valence-electron chi connectivity index (χ4n) is 2.41. The number of hydrogen-bond acceptors (Lipinski definition) is 1. The molecule has 0 aliphatic carbocycles. The number of fused-ring (bicyclic) bond motifs is 2. The van der Waals surface area contributed by atoms with E-state index in [1.165, 1.54) is 38.5 Å². The second-order valence-corrected chi connectivity index (χ2v) is 6.10. The minimum atomic E-state index is -1.12. The highest BCUT2D eigenvalue weighted by molar-refractivity contribution is 7.46. The van der Waals surface area contributed by atoms with Crippen molar-refractivity contribution < 1.29 is 4.57 Å². The van der Waals surface area contributed by atoms with Gasteiger partial charge in [-0.15, -0.1) is 0 Å². The van der Waals surface area contributed by atoms with Crippen molar-refractivity contribution in [2.24, 2.45) is 0 Å². The molecule has 0 atom stereocenters. The summed E-state index contributed by atoms with van der Waals surface area (Å²) in [5.74, 6) is 0. The monoisotopic (exact) mass is 158 g/mol. The van der Waals surface area contributed by atoms with Crippen molar-refractivity contribution in [3.05, 3.63) is 0 Å². The molecule has 2 heteroatoms. The Morgan fingerprint density at radius 3 is 1.60 bits per heavy atom. The van der Waals surface area contributed by atoms with E-state index >= 15 is 0 Å². The van der Waals surface area contributed by atoms with Crippen molar-refractivity contribution in [1.29, 1.82) is 0 Å². The first-order valence-corrected chi connectivity index (χ1v) is 5.98. The van der Waals surface area contributed by atoms with Crippen molar-refractivity contribution in [2.75, 3.05) is 0 Å². The number of hydrogen-bond donors (Lipinski definition) is 0. The molecule has 2 aliphatic rings. The summed E-state index contributed by atoms with van der Waals surface area (Å²) in [4.78, 5) is 0. The maximum atomic E-state index is 11.6. The van der Waals surface area contributed by atoms with Crippen LogP contribution in [-0.4, -0.2) is 11.3 Å². The summed E-state index contributed by atoms with van der Waals surface area (Å²) in [5, 5.41) is 0. The van der Waals surface area contributed by atoms with Gasteiger partial charge in [0.1, 0.15) is 0 Å². The fourth-order valence-corrected chi connectivity index (χ4v) is 5.03. The molecule has 2 fully saturated rings. The second kappa shape index (κ2) is 2.70.